The van der Waals surface area contributed by atoms with E-state index in [1.54, 1.807) is 19.9 Å². The maximum Gasteiger partial charge on any atom is 0.180 e. The van der Waals surface area contributed by atoms with Gasteiger partial charge in [0, 0.05) is 51.5 Å². The summed E-state index contributed by atoms with van der Waals surface area (Å²) in [4.78, 5) is 5.36. The van der Waals surface area contributed by atoms with Crippen LogP contribution in [0.25, 0.3) is 0 Å². The van der Waals surface area contributed by atoms with Crippen LogP contribution in [0.5, 0.6) is 0 Å². The van der Waals surface area contributed by atoms with Crippen LogP contribution in [-0.4, -0.2) is 64.4 Å². The van der Waals surface area contributed by atoms with Gasteiger partial charge < -0.3 is 15.1 Å². The number of benzene rings is 1. The predicted octanol–water partition coefficient (Wildman–Crippen LogP) is 1.99. The van der Waals surface area contributed by atoms with Gasteiger partial charge in [-0.25, -0.2) is 8.42 Å². The molecule has 2 saturated heterocycles. The van der Waals surface area contributed by atoms with Crippen LogP contribution < -0.4 is 10.2 Å². The average Bonchev–Trinajstić information content (AvgIpc) is 2.63. The summed E-state index contributed by atoms with van der Waals surface area (Å²) >= 11 is 0. The molecule has 1 N–H and O–H groups in total. The summed E-state index contributed by atoms with van der Waals surface area (Å²) in [5.41, 5.74) is 1.04. The van der Waals surface area contributed by atoms with Gasteiger partial charge in [0.05, 0.1) is 10.1 Å². The molecule has 0 aliphatic carbocycles. The fraction of sp³-hybridized carbons (Fsp3) is 0.684. The zero-order valence-electron chi connectivity index (χ0n) is 15.4. The molecule has 0 radical (unpaired) electrons. The Balaban J connectivity index is 1.59. The van der Waals surface area contributed by atoms with Crippen molar-refractivity contribution in [3.8, 4) is 0 Å². The van der Waals surface area contributed by atoms with E-state index in [0.29, 0.717) is 4.90 Å². The van der Waals surface area contributed by atoms with Crippen molar-refractivity contribution in [1.29, 1.82) is 0 Å². The van der Waals surface area contributed by atoms with Gasteiger partial charge in [-0.1, -0.05) is 6.07 Å². The van der Waals surface area contributed by atoms with Gasteiger partial charge in [0.25, 0.3) is 0 Å². The molecule has 2 aliphatic rings. The zero-order chi connectivity index (χ0) is 17.9. The Morgan fingerprint density at radius 2 is 1.80 bits per heavy atom. The molecular formula is C19H31N3O2S. The second-order valence-electron chi connectivity index (χ2n) is 7.57. The number of hydrogen-bond acceptors (Lipinski definition) is 5. The van der Waals surface area contributed by atoms with E-state index in [-0.39, 0.29) is 5.25 Å². The quantitative estimate of drug-likeness (QED) is 0.865. The molecule has 1 aromatic rings. The number of piperidine rings is 1. The first-order valence-electron chi connectivity index (χ1n) is 9.49. The molecule has 0 saturated carbocycles. The van der Waals surface area contributed by atoms with E-state index in [1.165, 1.54) is 19.4 Å². The first kappa shape index (κ1) is 18.7. The molecule has 140 valence electrons. The van der Waals surface area contributed by atoms with E-state index in [4.69, 9.17) is 0 Å². The lowest BCUT2D eigenvalue weighted by molar-refractivity contribution is 0.190. The molecule has 0 unspecified atom stereocenters. The maximum absolute atomic E-state index is 12.4. The summed E-state index contributed by atoms with van der Waals surface area (Å²) in [6.07, 6.45) is 2.37. The van der Waals surface area contributed by atoms with E-state index >= 15 is 0 Å². The maximum atomic E-state index is 12.4. The molecular weight excluding hydrogens is 334 g/mol. The zero-order valence-corrected chi connectivity index (χ0v) is 16.3. The van der Waals surface area contributed by atoms with Crippen LogP contribution in [0.3, 0.4) is 0 Å². The number of nitrogens with one attached hydrogen (secondary N) is 1. The van der Waals surface area contributed by atoms with Crippen LogP contribution in [0.2, 0.25) is 0 Å². The summed E-state index contributed by atoms with van der Waals surface area (Å²) in [6.45, 7) is 11.3. The minimum Gasteiger partial charge on any atom is -0.371 e. The van der Waals surface area contributed by atoms with E-state index in [9.17, 15) is 8.42 Å². The van der Waals surface area contributed by atoms with Crippen molar-refractivity contribution in [2.75, 3.05) is 50.7 Å². The summed E-state index contributed by atoms with van der Waals surface area (Å²) in [6, 6.07) is 7.48. The van der Waals surface area contributed by atoms with Crippen LogP contribution in [0.15, 0.2) is 29.2 Å². The molecule has 2 aliphatic heterocycles. The summed E-state index contributed by atoms with van der Waals surface area (Å²) in [7, 11) is -3.21. The molecule has 5 nitrogen and oxygen atoms in total. The molecule has 0 amide bonds. The number of piperazine rings is 1. The van der Waals surface area contributed by atoms with Gasteiger partial charge in [-0.2, -0.15) is 0 Å². The Morgan fingerprint density at radius 1 is 1.12 bits per heavy atom. The molecule has 0 aromatic heterocycles. The van der Waals surface area contributed by atoms with Gasteiger partial charge in [-0.3, -0.25) is 0 Å². The molecule has 1 aromatic carbocycles. The molecule has 0 atom stereocenters. The van der Waals surface area contributed by atoms with Gasteiger partial charge in [-0.15, -0.1) is 0 Å². The second kappa shape index (κ2) is 8.06. The SMILES string of the molecule is CC(C)S(=O)(=O)c1cccc(N2CCC(CN3CCNCC3)CC2)c1. The molecule has 2 heterocycles. The molecule has 0 bridgehead atoms. The molecule has 25 heavy (non-hydrogen) atoms. The standard InChI is InChI=1S/C19H31N3O2S/c1-16(2)25(23,24)19-5-3-4-18(14-19)22-10-6-17(7-11-22)15-21-12-8-20-9-13-21/h3-5,14,16-17,20H,6-13,15H2,1-2H3. The topological polar surface area (TPSA) is 52.7 Å². The van der Waals surface area contributed by atoms with E-state index in [1.807, 2.05) is 18.2 Å². The summed E-state index contributed by atoms with van der Waals surface area (Å²) < 4.78 is 24.8. The normalized spacial score (nSPS) is 21.0. The highest BCUT2D eigenvalue weighted by atomic mass is 32.2. The molecule has 2 fully saturated rings. The van der Waals surface area contributed by atoms with Gasteiger partial charge >= 0.3 is 0 Å². The van der Waals surface area contributed by atoms with Crippen LogP contribution >= 0.6 is 0 Å². The van der Waals surface area contributed by atoms with Gasteiger partial charge in [-0.05, 0) is 50.8 Å². The van der Waals surface area contributed by atoms with Gasteiger partial charge in [0.1, 0.15) is 0 Å². The number of nitrogens with zero attached hydrogens (tertiary/aromatic N) is 2. The third-order valence-electron chi connectivity index (χ3n) is 5.47. The van der Waals surface area contributed by atoms with Crippen molar-refractivity contribution in [1.82, 2.24) is 10.2 Å². The Morgan fingerprint density at radius 3 is 2.44 bits per heavy atom. The Hall–Kier alpha value is -1.11. The number of rotatable bonds is 5. The van der Waals surface area contributed by atoms with E-state index in [0.717, 1.165) is 50.9 Å². The van der Waals surface area contributed by atoms with Crippen molar-refractivity contribution >= 4 is 15.5 Å². The van der Waals surface area contributed by atoms with Crippen molar-refractivity contribution in [3.63, 3.8) is 0 Å². The second-order valence-corrected chi connectivity index (χ2v) is 10.1. The highest BCUT2D eigenvalue weighted by Crippen LogP contribution is 2.27. The molecule has 0 spiro atoms. The Labute approximate surface area is 152 Å². The Bertz CT molecular complexity index is 661. The number of hydrogen-bond donors (Lipinski definition) is 1. The van der Waals surface area contributed by atoms with Crippen LogP contribution in [-0.2, 0) is 9.84 Å². The third kappa shape index (κ3) is 4.54. The molecule has 3 rings (SSSR count). The summed E-state index contributed by atoms with van der Waals surface area (Å²) in [5, 5.41) is 3.02. The van der Waals surface area contributed by atoms with E-state index < -0.39 is 9.84 Å². The first-order chi connectivity index (χ1) is 12.0. The van der Waals surface area contributed by atoms with Gasteiger partial charge in [0.2, 0.25) is 0 Å². The fourth-order valence-electron chi connectivity index (χ4n) is 3.76. The lowest BCUT2D eigenvalue weighted by atomic mass is 9.95. The third-order valence-corrected chi connectivity index (χ3v) is 7.62. The number of anilines is 1. The first-order valence-corrected chi connectivity index (χ1v) is 11.0. The Kier molecular flexibility index (Phi) is 6.02. The lowest BCUT2D eigenvalue weighted by Gasteiger charge is -2.37. The highest BCUT2D eigenvalue weighted by molar-refractivity contribution is 7.92. The van der Waals surface area contributed by atoms with Crippen LogP contribution in [0.1, 0.15) is 26.7 Å². The van der Waals surface area contributed by atoms with Crippen LogP contribution in [0.4, 0.5) is 5.69 Å². The van der Waals surface area contributed by atoms with Crippen LogP contribution in [0, 0.1) is 5.92 Å². The largest absolute Gasteiger partial charge is 0.371 e. The van der Waals surface area contributed by atoms with Crippen molar-refractivity contribution < 1.29 is 8.42 Å². The molecule has 6 heteroatoms. The minimum atomic E-state index is -3.21. The number of sulfone groups is 1. The predicted molar refractivity (Wildman–Crippen MR) is 103 cm³/mol. The summed E-state index contributed by atoms with van der Waals surface area (Å²) in [5.74, 6) is 0.761. The van der Waals surface area contributed by atoms with Crippen molar-refractivity contribution in [2.45, 2.75) is 36.8 Å². The van der Waals surface area contributed by atoms with Crippen molar-refractivity contribution in [3.05, 3.63) is 24.3 Å². The minimum absolute atomic E-state index is 0.382. The highest BCUT2D eigenvalue weighted by Gasteiger charge is 2.24. The van der Waals surface area contributed by atoms with Gasteiger partial charge in [0.15, 0.2) is 9.84 Å². The smallest absolute Gasteiger partial charge is 0.180 e. The van der Waals surface area contributed by atoms with E-state index in [2.05, 4.69) is 15.1 Å². The van der Waals surface area contributed by atoms with Crippen molar-refractivity contribution in [2.24, 2.45) is 5.92 Å². The lowest BCUT2D eigenvalue weighted by Crippen LogP contribution is -2.46. The monoisotopic (exact) mass is 365 g/mol. The average molecular weight is 366 g/mol. The fourth-order valence-corrected chi connectivity index (χ4v) is 4.86.